The summed E-state index contributed by atoms with van der Waals surface area (Å²) in [5.74, 6) is 0.00699. The number of carbonyl (C=O) groups is 1. The minimum absolute atomic E-state index is 0.00699. The molecule has 1 amide bonds. The van der Waals surface area contributed by atoms with Crippen LogP contribution >= 0.6 is 11.3 Å². The van der Waals surface area contributed by atoms with E-state index >= 15 is 0 Å². The summed E-state index contributed by atoms with van der Waals surface area (Å²) in [6.45, 7) is 2.57. The molecule has 18 heavy (non-hydrogen) atoms. The highest BCUT2D eigenvalue weighted by atomic mass is 32.1. The highest BCUT2D eigenvalue weighted by Gasteiger charge is 2.14. The molecular weight excluding hydrogens is 250 g/mol. The predicted octanol–water partition coefficient (Wildman–Crippen LogP) is 1.39. The average molecular weight is 265 g/mol. The molecule has 0 saturated heterocycles. The molecule has 0 saturated carbocycles. The lowest BCUT2D eigenvalue weighted by Gasteiger charge is -2.14. The molecule has 0 bridgehead atoms. The van der Waals surface area contributed by atoms with Gasteiger partial charge in [0.1, 0.15) is 17.7 Å². The Morgan fingerprint density at radius 1 is 1.61 bits per heavy atom. The van der Waals surface area contributed by atoms with Crippen LogP contribution in [0.25, 0.3) is 0 Å². The van der Waals surface area contributed by atoms with Crippen LogP contribution in [-0.2, 0) is 11.3 Å². The number of thiazole rings is 1. The zero-order chi connectivity index (χ0) is 12.8. The first-order valence-corrected chi connectivity index (χ1v) is 6.68. The Kier molecular flexibility index (Phi) is 4.40. The fourth-order valence-electron chi connectivity index (χ4n) is 1.58. The minimum atomic E-state index is 0.00699. The summed E-state index contributed by atoms with van der Waals surface area (Å²) in [6.07, 6.45) is 6.05. The largest absolute Gasteiger partial charge is 0.347 e. The molecule has 6 nitrogen and oxygen atoms in total. The van der Waals surface area contributed by atoms with Crippen molar-refractivity contribution in [2.75, 3.05) is 0 Å². The number of nitrogens with zero attached hydrogens (tertiary/aromatic N) is 4. The summed E-state index contributed by atoms with van der Waals surface area (Å²) < 4.78 is 1.64. The molecule has 0 aliphatic carbocycles. The maximum Gasteiger partial charge on any atom is 0.222 e. The van der Waals surface area contributed by atoms with E-state index in [0.717, 1.165) is 11.4 Å². The second kappa shape index (κ2) is 6.25. The molecule has 0 aliphatic heterocycles. The standard InChI is InChI=1S/C11H15N5OS/c1-2-9(11-13-4-6-18-11)15-10(17)3-5-16-8-12-7-14-16/h4,6-9H,2-3,5H2,1H3,(H,15,17). The average Bonchev–Trinajstić information content (AvgIpc) is 3.05. The van der Waals surface area contributed by atoms with Crippen molar-refractivity contribution in [2.24, 2.45) is 0 Å². The van der Waals surface area contributed by atoms with E-state index in [1.807, 2.05) is 12.3 Å². The van der Waals surface area contributed by atoms with Crippen molar-refractivity contribution in [1.29, 1.82) is 0 Å². The third kappa shape index (κ3) is 3.36. The van der Waals surface area contributed by atoms with Gasteiger partial charge in [-0.15, -0.1) is 11.3 Å². The quantitative estimate of drug-likeness (QED) is 0.856. The summed E-state index contributed by atoms with van der Waals surface area (Å²) in [6, 6.07) is 0.00764. The maximum absolute atomic E-state index is 11.8. The van der Waals surface area contributed by atoms with E-state index in [1.165, 1.54) is 6.33 Å². The molecule has 7 heteroatoms. The Hall–Kier alpha value is -1.76. The molecule has 0 fully saturated rings. The van der Waals surface area contributed by atoms with Crippen molar-refractivity contribution >= 4 is 17.2 Å². The molecule has 0 radical (unpaired) electrons. The molecule has 0 spiro atoms. The van der Waals surface area contributed by atoms with Crippen LogP contribution in [-0.4, -0.2) is 25.7 Å². The SMILES string of the molecule is CCC(NC(=O)CCn1cncn1)c1nccs1. The number of aromatic nitrogens is 4. The lowest BCUT2D eigenvalue weighted by Crippen LogP contribution is -2.28. The van der Waals surface area contributed by atoms with Gasteiger partial charge in [0.2, 0.25) is 5.91 Å². The Balaban J connectivity index is 1.82. The van der Waals surface area contributed by atoms with Gasteiger partial charge in [-0.3, -0.25) is 9.48 Å². The Labute approximate surface area is 109 Å². The number of rotatable bonds is 6. The molecule has 2 aromatic rings. The monoisotopic (exact) mass is 265 g/mol. The second-order valence-corrected chi connectivity index (χ2v) is 4.73. The zero-order valence-electron chi connectivity index (χ0n) is 10.1. The van der Waals surface area contributed by atoms with Gasteiger partial charge in [-0.25, -0.2) is 9.97 Å². The van der Waals surface area contributed by atoms with Gasteiger partial charge in [0.05, 0.1) is 12.6 Å². The van der Waals surface area contributed by atoms with Crippen molar-refractivity contribution in [3.63, 3.8) is 0 Å². The van der Waals surface area contributed by atoms with Gasteiger partial charge in [-0.1, -0.05) is 6.92 Å². The number of hydrogen-bond donors (Lipinski definition) is 1. The predicted molar refractivity (Wildman–Crippen MR) is 67.9 cm³/mol. The summed E-state index contributed by atoms with van der Waals surface area (Å²) in [5, 5.41) is 9.80. The van der Waals surface area contributed by atoms with E-state index in [4.69, 9.17) is 0 Å². The molecule has 1 atom stereocenters. The first-order valence-electron chi connectivity index (χ1n) is 5.80. The lowest BCUT2D eigenvalue weighted by molar-refractivity contribution is -0.122. The summed E-state index contributed by atoms with van der Waals surface area (Å²) in [7, 11) is 0. The van der Waals surface area contributed by atoms with Crippen molar-refractivity contribution in [3.05, 3.63) is 29.2 Å². The molecule has 96 valence electrons. The van der Waals surface area contributed by atoms with E-state index in [1.54, 1.807) is 28.5 Å². The van der Waals surface area contributed by atoms with Crippen LogP contribution in [0.3, 0.4) is 0 Å². The van der Waals surface area contributed by atoms with E-state index in [2.05, 4.69) is 20.4 Å². The number of aryl methyl sites for hydroxylation is 1. The minimum Gasteiger partial charge on any atom is -0.347 e. The number of amides is 1. The van der Waals surface area contributed by atoms with Crippen molar-refractivity contribution in [1.82, 2.24) is 25.1 Å². The van der Waals surface area contributed by atoms with Crippen LogP contribution < -0.4 is 5.32 Å². The molecule has 0 aliphatic rings. The van der Waals surface area contributed by atoms with Gasteiger partial charge in [-0.05, 0) is 6.42 Å². The number of nitrogens with one attached hydrogen (secondary N) is 1. The molecule has 2 rings (SSSR count). The van der Waals surface area contributed by atoms with Gasteiger partial charge in [0, 0.05) is 18.0 Å². The van der Waals surface area contributed by atoms with Gasteiger partial charge in [0.25, 0.3) is 0 Å². The Morgan fingerprint density at radius 2 is 2.50 bits per heavy atom. The van der Waals surface area contributed by atoms with E-state index in [-0.39, 0.29) is 11.9 Å². The molecular formula is C11H15N5OS. The second-order valence-electron chi connectivity index (χ2n) is 3.81. The lowest BCUT2D eigenvalue weighted by atomic mass is 10.2. The van der Waals surface area contributed by atoms with Gasteiger partial charge < -0.3 is 5.32 Å². The molecule has 1 unspecified atom stereocenters. The van der Waals surface area contributed by atoms with Crippen molar-refractivity contribution in [2.45, 2.75) is 32.4 Å². The van der Waals surface area contributed by atoms with Gasteiger partial charge >= 0.3 is 0 Å². The van der Waals surface area contributed by atoms with Crippen LogP contribution in [0.15, 0.2) is 24.2 Å². The fourth-order valence-corrected chi connectivity index (χ4v) is 2.35. The van der Waals surface area contributed by atoms with Crippen LogP contribution in [0.1, 0.15) is 30.8 Å². The zero-order valence-corrected chi connectivity index (χ0v) is 10.9. The molecule has 2 heterocycles. The van der Waals surface area contributed by atoms with Crippen molar-refractivity contribution in [3.8, 4) is 0 Å². The van der Waals surface area contributed by atoms with Crippen molar-refractivity contribution < 1.29 is 4.79 Å². The number of hydrogen-bond acceptors (Lipinski definition) is 5. The smallest absolute Gasteiger partial charge is 0.222 e. The summed E-state index contributed by atoms with van der Waals surface area (Å²) >= 11 is 1.56. The third-order valence-electron chi connectivity index (χ3n) is 2.53. The van der Waals surface area contributed by atoms with Gasteiger partial charge in [-0.2, -0.15) is 5.10 Å². The molecule has 0 aromatic carbocycles. The highest BCUT2D eigenvalue weighted by molar-refractivity contribution is 7.09. The fraction of sp³-hybridized carbons (Fsp3) is 0.455. The first kappa shape index (κ1) is 12.7. The normalized spacial score (nSPS) is 12.3. The topological polar surface area (TPSA) is 72.7 Å². The summed E-state index contributed by atoms with van der Waals surface area (Å²) in [5.41, 5.74) is 0. The Morgan fingerprint density at radius 3 is 3.11 bits per heavy atom. The molecule has 1 N–H and O–H groups in total. The summed E-state index contributed by atoms with van der Waals surface area (Å²) in [4.78, 5) is 19.9. The maximum atomic E-state index is 11.8. The first-order chi connectivity index (χ1) is 8.79. The van der Waals surface area contributed by atoms with Crippen LogP contribution in [0.4, 0.5) is 0 Å². The van der Waals surface area contributed by atoms with Gasteiger partial charge in [0.15, 0.2) is 0 Å². The third-order valence-corrected chi connectivity index (χ3v) is 3.42. The van der Waals surface area contributed by atoms with E-state index < -0.39 is 0 Å². The van der Waals surface area contributed by atoms with Crippen LogP contribution in [0, 0.1) is 0 Å². The van der Waals surface area contributed by atoms with Crippen LogP contribution in [0.5, 0.6) is 0 Å². The molecule has 2 aromatic heterocycles. The highest BCUT2D eigenvalue weighted by Crippen LogP contribution is 2.18. The van der Waals surface area contributed by atoms with Crippen LogP contribution in [0.2, 0.25) is 0 Å². The number of carbonyl (C=O) groups excluding carboxylic acids is 1. The Bertz CT molecular complexity index is 468. The van der Waals surface area contributed by atoms with E-state index in [0.29, 0.717) is 13.0 Å². The van der Waals surface area contributed by atoms with E-state index in [9.17, 15) is 4.79 Å².